The molecule has 0 saturated heterocycles. The van der Waals surface area contributed by atoms with Crippen molar-refractivity contribution in [2.45, 2.75) is 33.1 Å². The third-order valence-corrected chi connectivity index (χ3v) is 1.69. The molecule has 0 bridgehead atoms. The minimum atomic E-state index is 0.987. The monoisotopic (exact) mass is 149 g/mol. The van der Waals surface area contributed by atoms with Crippen LogP contribution in [0.3, 0.4) is 0 Å². The van der Waals surface area contributed by atoms with E-state index in [9.17, 15) is 0 Å². The molecule has 0 saturated carbocycles. The van der Waals surface area contributed by atoms with E-state index in [4.69, 9.17) is 5.26 Å². The zero-order valence-corrected chi connectivity index (χ0v) is 7.30. The van der Waals surface area contributed by atoms with Gasteiger partial charge in [-0.1, -0.05) is 24.6 Å². The van der Waals surface area contributed by atoms with Crippen LogP contribution in [0.5, 0.6) is 0 Å². The first kappa shape index (κ1) is 9.97. The lowest BCUT2D eigenvalue weighted by Gasteiger charge is -1.98. The predicted octanol–water partition coefficient (Wildman–Crippen LogP) is 3.20. The summed E-state index contributed by atoms with van der Waals surface area (Å²) in [6.45, 7) is 4.22. The van der Waals surface area contributed by atoms with Crippen molar-refractivity contribution in [3.05, 3.63) is 23.8 Å². The molecule has 11 heavy (non-hydrogen) atoms. The summed E-state index contributed by atoms with van der Waals surface area (Å²) in [6, 6.07) is 1.98. The number of nitriles is 1. The standard InChI is InChI=1S/C10H15N/c1-3-10(4-2)8-6-5-7-9-11/h3,5,7H,4,6,8H2,1-2H3. The first-order valence-electron chi connectivity index (χ1n) is 4.03. The second-order valence-electron chi connectivity index (χ2n) is 2.37. The van der Waals surface area contributed by atoms with Gasteiger partial charge in [-0.25, -0.2) is 0 Å². The molecule has 0 aliphatic carbocycles. The third kappa shape index (κ3) is 5.42. The first-order chi connectivity index (χ1) is 5.35. The van der Waals surface area contributed by atoms with Crippen molar-refractivity contribution in [3.8, 4) is 6.07 Å². The molecule has 0 radical (unpaired) electrons. The van der Waals surface area contributed by atoms with Gasteiger partial charge < -0.3 is 0 Å². The summed E-state index contributed by atoms with van der Waals surface area (Å²) in [4.78, 5) is 0. The van der Waals surface area contributed by atoms with Gasteiger partial charge in [0.2, 0.25) is 0 Å². The topological polar surface area (TPSA) is 23.8 Å². The van der Waals surface area contributed by atoms with Crippen molar-refractivity contribution in [3.63, 3.8) is 0 Å². The van der Waals surface area contributed by atoms with Crippen molar-refractivity contribution in [2.75, 3.05) is 0 Å². The summed E-state index contributed by atoms with van der Waals surface area (Å²) < 4.78 is 0. The molecule has 0 aromatic carbocycles. The number of hydrogen-bond donors (Lipinski definition) is 0. The number of allylic oxidation sites excluding steroid dienone is 4. The Bertz CT molecular complexity index is 182. The Kier molecular flexibility index (Phi) is 6.42. The van der Waals surface area contributed by atoms with Crippen LogP contribution in [0.15, 0.2) is 23.8 Å². The quantitative estimate of drug-likeness (QED) is 0.445. The van der Waals surface area contributed by atoms with E-state index in [0.717, 1.165) is 19.3 Å². The van der Waals surface area contributed by atoms with Crippen molar-refractivity contribution in [2.24, 2.45) is 0 Å². The Morgan fingerprint density at radius 1 is 1.55 bits per heavy atom. The zero-order valence-electron chi connectivity index (χ0n) is 7.30. The molecular weight excluding hydrogens is 134 g/mol. The Morgan fingerprint density at radius 2 is 2.27 bits per heavy atom. The van der Waals surface area contributed by atoms with Crippen molar-refractivity contribution in [1.29, 1.82) is 5.26 Å². The fraction of sp³-hybridized carbons (Fsp3) is 0.500. The van der Waals surface area contributed by atoms with Gasteiger partial charge in [0, 0.05) is 6.08 Å². The van der Waals surface area contributed by atoms with Gasteiger partial charge >= 0.3 is 0 Å². The van der Waals surface area contributed by atoms with Crippen LogP contribution in [0.1, 0.15) is 33.1 Å². The lowest BCUT2D eigenvalue weighted by atomic mass is 10.1. The number of hydrogen-bond acceptors (Lipinski definition) is 1. The Morgan fingerprint density at radius 3 is 2.73 bits per heavy atom. The molecule has 0 heterocycles. The summed E-state index contributed by atoms with van der Waals surface area (Å²) in [7, 11) is 0. The van der Waals surface area contributed by atoms with Crippen LogP contribution >= 0.6 is 0 Å². The molecule has 0 N–H and O–H groups in total. The molecule has 1 heteroatoms. The van der Waals surface area contributed by atoms with Gasteiger partial charge in [0.25, 0.3) is 0 Å². The van der Waals surface area contributed by atoms with E-state index in [1.165, 1.54) is 5.57 Å². The molecule has 0 aromatic rings. The van der Waals surface area contributed by atoms with Crippen LogP contribution in [-0.4, -0.2) is 0 Å². The smallest absolute Gasteiger partial charge is 0.0908 e. The van der Waals surface area contributed by atoms with Crippen LogP contribution in [0, 0.1) is 11.3 Å². The highest BCUT2D eigenvalue weighted by molar-refractivity contribution is 5.05. The minimum absolute atomic E-state index is 0.987. The van der Waals surface area contributed by atoms with Gasteiger partial charge in [-0.15, -0.1) is 0 Å². The highest BCUT2D eigenvalue weighted by Crippen LogP contribution is 2.08. The van der Waals surface area contributed by atoms with Crippen LogP contribution in [0.4, 0.5) is 0 Å². The van der Waals surface area contributed by atoms with E-state index in [-0.39, 0.29) is 0 Å². The normalized spacial score (nSPS) is 11.9. The third-order valence-electron chi connectivity index (χ3n) is 1.69. The SMILES string of the molecule is CC=C(CC)CCC=CC#N. The second-order valence-corrected chi connectivity index (χ2v) is 2.37. The maximum atomic E-state index is 8.19. The fourth-order valence-corrected chi connectivity index (χ4v) is 0.930. The van der Waals surface area contributed by atoms with Gasteiger partial charge in [0.15, 0.2) is 0 Å². The van der Waals surface area contributed by atoms with Crippen LogP contribution in [0.25, 0.3) is 0 Å². The highest BCUT2D eigenvalue weighted by Gasteiger charge is 1.88. The summed E-state index contributed by atoms with van der Waals surface area (Å²) in [5.41, 5.74) is 1.47. The summed E-state index contributed by atoms with van der Waals surface area (Å²) in [5, 5.41) is 8.19. The fourth-order valence-electron chi connectivity index (χ4n) is 0.930. The lowest BCUT2D eigenvalue weighted by Crippen LogP contribution is -1.78. The molecule has 0 aliphatic heterocycles. The Hall–Kier alpha value is -1.03. The molecule has 60 valence electrons. The predicted molar refractivity (Wildman–Crippen MR) is 48.0 cm³/mol. The molecule has 0 unspecified atom stereocenters. The summed E-state index contributed by atoms with van der Waals surface area (Å²) in [5.74, 6) is 0. The van der Waals surface area contributed by atoms with Gasteiger partial charge in [0.05, 0.1) is 6.07 Å². The molecule has 1 nitrogen and oxygen atoms in total. The van der Waals surface area contributed by atoms with E-state index in [2.05, 4.69) is 19.9 Å². The summed E-state index contributed by atoms with van der Waals surface area (Å²) in [6.07, 6.45) is 8.81. The van der Waals surface area contributed by atoms with E-state index >= 15 is 0 Å². The maximum Gasteiger partial charge on any atom is 0.0908 e. The Balaban J connectivity index is 3.54. The molecule has 0 spiro atoms. The Labute approximate surface area is 69.0 Å². The maximum absolute atomic E-state index is 8.19. The lowest BCUT2D eigenvalue weighted by molar-refractivity contribution is 0.905. The zero-order chi connectivity index (χ0) is 8.53. The average molecular weight is 149 g/mol. The van der Waals surface area contributed by atoms with E-state index in [0.29, 0.717) is 0 Å². The summed E-state index contributed by atoms with van der Waals surface area (Å²) >= 11 is 0. The largest absolute Gasteiger partial charge is 0.193 e. The van der Waals surface area contributed by atoms with E-state index in [1.807, 2.05) is 12.1 Å². The van der Waals surface area contributed by atoms with Crippen molar-refractivity contribution in [1.82, 2.24) is 0 Å². The average Bonchev–Trinajstić information content (AvgIpc) is 2.05. The second kappa shape index (κ2) is 7.08. The van der Waals surface area contributed by atoms with Gasteiger partial charge in [-0.2, -0.15) is 5.26 Å². The molecular formula is C10H15N. The molecule has 0 amide bonds. The van der Waals surface area contributed by atoms with Gasteiger partial charge in [0.1, 0.15) is 0 Å². The molecule has 0 fully saturated rings. The highest BCUT2D eigenvalue weighted by atomic mass is 14.2. The van der Waals surface area contributed by atoms with E-state index in [1.54, 1.807) is 6.08 Å². The van der Waals surface area contributed by atoms with E-state index < -0.39 is 0 Å². The molecule has 0 rings (SSSR count). The van der Waals surface area contributed by atoms with Crippen LogP contribution < -0.4 is 0 Å². The van der Waals surface area contributed by atoms with Crippen molar-refractivity contribution < 1.29 is 0 Å². The van der Waals surface area contributed by atoms with Crippen molar-refractivity contribution >= 4 is 0 Å². The first-order valence-corrected chi connectivity index (χ1v) is 4.03. The van der Waals surface area contributed by atoms with Crippen LogP contribution in [0.2, 0.25) is 0 Å². The molecule has 0 aliphatic rings. The minimum Gasteiger partial charge on any atom is -0.193 e. The molecule has 0 atom stereocenters. The van der Waals surface area contributed by atoms with Gasteiger partial charge in [-0.3, -0.25) is 0 Å². The molecule has 0 aromatic heterocycles. The number of nitrogens with zero attached hydrogens (tertiary/aromatic N) is 1. The van der Waals surface area contributed by atoms with Crippen LogP contribution in [-0.2, 0) is 0 Å². The number of rotatable bonds is 4. The van der Waals surface area contributed by atoms with Gasteiger partial charge in [-0.05, 0) is 26.2 Å².